The highest BCUT2D eigenvalue weighted by Gasteiger charge is 2.12. The standard InChI is InChI=1S/C26H28N4O2/c1-2-3-16-32-19-21-12-7-8-13-23(21)27-18-22-17-26(31)30-25(28-22)15-9-14-24(29-30)20-10-5-4-6-11-20/h4-13,15,17,27H,2-3,14,16,18-19H2,1H3. The molecule has 0 bridgehead atoms. The summed E-state index contributed by atoms with van der Waals surface area (Å²) < 4.78 is 7.15. The number of ether oxygens (including phenoxy) is 1. The molecule has 1 N–H and O–H groups in total. The number of para-hydroxylation sites is 1. The van der Waals surface area contributed by atoms with Gasteiger partial charge < -0.3 is 10.1 Å². The molecule has 3 aromatic rings. The maximum atomic E-state index is 12.8. The first-order valence-electron chi connectivity index (χ1n) is 11.1. The van der Waals surface area contributed by atoms with Crippen LogP contribution in [0.2, 0.25) is 0 Å². The minimum Gasteiger partial charge on any atom is -0.379 e. The fraction of sp³-hybridized carbons (Fsp3) is 0.269. The van der Waals surface area contributed by atoms with E-state index < -0.39 is 0 Å². The molecule has 0 spiro atoms. The number of unbranched alkanes of at least 4 members (excludes halogenated alkanes) is 1. The van der Waals surface area contributed by atoms with Crippen molar-refractivity contribution in [2.24, 2.45) is 5.10 Å². The van der Waals surface area contributed by atoms with E-state index in [0.717, 1.165) is 42.0 Å². The summed E-state index contributed by atoms with van der Waals surface area (Å²) in [5, 5.41) is 7.99. The summed E-state index contributed by atoms with van der Waals surface area (Å²) in [6.45, 7) is 3.91. The van der Waals surface area contributed by atoms with Gasteiger partial charge in [0.05, 0.1) is 24.6 Å². The van der Waals surface area contributed by atoms with Gasteiger partial charge in [0.2, 0.25) is 0 Å². The minimum absolute atomic E-state index is 0.192. The van der Waals surface area contributed by atoms with Gasteiger partial charge in [-0.15, -0.1) is 0 Å². The molecule has 6 heteroatoms. The quantitative estimate of drug-likeness (QED) is 0.495. The Hall–Kier alpha value is -3.51. The van der Waals surface area contributed by atoms with Crippen LogP contribution < -0.4 is 10.9 Å². The summed E-state index contributed by atoms with van der Waals surface area (Å²) in [5.74, 6) is 0.538. The number of aromatic nitrogens is 2. The zero-order chi connectivity index (χ0) is 22.2. The summed E-state index contributed by atoms with van der Waals surface area (Å²) >= 11 is 0. The molecule has 1 aromatic heterocycles. The van der Waals surface area contributed by atoms with Crippen molar-refractivity contribution in [3.63, 3.8) is 0 Å². The number of allylic oxidation sites excluding steroid dienone is 1. The molecule has 2 aromatic carbocycles. The number of fused-ring (bicyclic) bond motifs is 1. The van der Waals surface area contributed by atoms with Crippen LogP contribution in [-0.2, 0) is 17.9 Å². The second-order valence-corrected chi connectivity index (χ2v) is 7.69. The van der Waals surface area contributed by atoms with Crippen LogP contribution in [0, 0.1) is 0 Å². The van der Waals surface area contributed by atoms with Crippen LogP contribution in [0.1, 0.15) is 48.8 Å². The largest absolute Gasteiger partial charge is 0.379 e. The molecule has 0 radical (unpaired) electrons. The van der Waals surface area contributed by atoms with E-state index in [4.69, 9.17) is 4.74 Å². The molecule has 164 valence electrons. The Labute approximate surface area is 188 Å². The monoisotopic (exact) mass is 428 g/mol. The lowest BCUT2D eigenvalue weighted by Gasteiger charge is -2.13. The van der Waals surface area contributed by atoms with Gasteiger partial charge in [0.25, 0.3) is 5.56 Å². The maximum Gasteiger partial charge on any atom is 0.274 e. The third-order valence-electron chi connectivity index (χ3n) is 5.26. The topological polar surface area (TPSA) is 68.5 Å². The van der Waals surface area contributed by atoms with Crippen LogP contribution in [0.15, 0.2) is 76.6 Å². The van der Waals surface area contributed by atoms with E-state index in [9.17, 15) is 4.79 Å². The van der Waals surface area contributed by atoms with Gasteiger partial charge in [-0.3, -0.25) is 4.79 Å². The van der Waals surface area contributed by atoms with Crippen molar-refractivity contribution in [1.82, 2.24) is 9.66 Å². The van der Waals surface area contributed by atoms with Gasteiger partial charge >= 0.3 is 0 Å². The summed E-state index contributed by atoms with van der Waals surface area (Å²) in [7, 11) is 0. The Morgan fingerprint density at radius 3 is 2.75 bits per heavy atom. The van der Waals surface area contributed by atoms with Crippen LogP contribution in [0.5, 0.6) is 0 Å². The predicted octanol–water partition coefficient (Wildman–Crippen LogP) is 4.84. The summed E-state index contributed by atoms with van der Waals surface area (Å²) in [6, 6.07) is 19.5. The van der Waals surface area contributed by atoms with Gasteiger partial charge in [-0.1, -0.05) is 68.0 Å². The molecule has 32 heavy (non-hydrogen) atoms. The molecular formula is C26H28N4O2. The highest BCUT2D eigenvalue weighted by molar-refractivity contribution is 6.01. The SMILES string of the molecule is CCCCOCc1ccccc1NCc1cc(=O)n2c(n1)C=CCC(c1ccccc1)=N2. The first-order valence-corrected chi connectivity index (χ1v) is 11.1. The number of nitrogens with zero attached hydrogens (tertiary/aromatic N) is 3. The molecule has 1 aliphatic rings. The van der Waals surface area contributed by atoms with Crippen LogP contribution in [0.4, 0.5) is 5.69 Å². The Balaban J connectivity index is 1.51. The molecular weight excluding hydrogens is 400 g/mol. The molecule has 0 saturated heterocycles. The lowest BCUT2D eigenvalue weighted by molar-refractivity contribution is 0.118. The van der Waals surface area contributed by atoms with E-state index in [1.54, 1.807) is 6.07 Å². The van der Waals surface area contributed by atoms with E-state index in [2.05, 4.69) is 28.4 Å². The zero-order valence-corrected chi connectivity index (χ0v) is 18.3. The third-order valence-corrected chi connectivity index (χ3v) is 5.26. The number of rotatable bonds is 9. The van der Waals surface area contributed by atoms with Gasteiger partial charge in [0, 0.05) is 30.3 Å². The van der Waals surface area contributed by atoms with E-state index in [0.29, 0.717) is 31.1 Å². The van der Waals surface area contributed by atoms with Gasteiger partial charge in [0.15, 0.2) is 5.82 Å². The third kappa shape index (κ3) is 5.39. The smallest absolute Gasteiger partial charge is 0.274 e. The minimum atomic E-state index is -0.192. The lowest BCUT2D eigenvalue weighted by Crippen LogP contribution is -2.22. The fourth-order valence-corrected chi connectivity index (χ4v) is 3.52. The van der Waals surface area contributed by atoms with Crippen molar-refractivity contribution < 1.29 is 4.74 Å². The molecule has 6 nitrogen and oxygen atoms in total. The van der Waals surface area contributed by atoms with Crippen LogP contribution in [0.3, 0.4) is 0 Å². The number of benzene rings is 2. The summed E-state index contributed by atoms with van der Waals surface area (Å²) in [5.41, 5.74) is 4.40. The zero-order valence-electron chi connectivity index (χ0n) is 18.3. The average Bonchev–Trinajstić information content (AvgIpc) is 3.05. The van der Waals surface area contributed by atoms with E-state index in [1.807, 2.05) is 60.7 Å². The second kappa shape index (κ2) is 10.7. The maximum absolute atomic E-state index is 12.8. The number of hydrogen-bond donors (Lipinski definition) is 1. The second-order valence-electron chi connectivity index (χ2n) is 7.69. The Morgan fingerprint density at radius 2 is 1.91 bits per heavy atom. The summed E-state index contributed by atoms with van der Waals surface area (Å²) in [6.07, 6.45) is 6.67. The van der Waals surface area contributed by atoms with Crippen molar-refractivity contribution in [2.75, 3.05) is 11.9 Å². The normalized spacial score (nSPS) is 12.7. The van der Waals surface area contributed by atoms with Crippen molar-refractivity contribution in [1.29, 1.82) is 0 Å². The van der Waals surface area contributed by atoms with E-state index in [-0.39, 0.29) is 5.56 Å². The molecule has 0 amide bonds. The number of nitrogens with one attached hydrogen (secondary N) is 1. The molecule has 1 aliphatic heterocycles. The Morgan fingerprint density at radius 1 is 1.09 bits per heavy atom. The first-order chi connectivity index (χ1) is 15.7. The van der Waals surface area contributed by atoms with Crippen LogP contribution >= 0.6 is 0 Å². The van der Waals surface area contributed by atoms with Crippen molar-refractivity contribution >= 4 is 17.5 Å². The molecule has 4 rings (SSSR count). The number of hydrogen-bond acceptors (Lipinski definition) is 5. The molecule has 0 aliphatic carbocycles. The molecule has 0 atom stereocenters. The van der Waals surface area contributed by atoms with Gasteiger partial charge in [-0.2, -0.15) is 9.78 Å². The molecule has 0 saturated carbocycles. The van der Waals surface area contributed by atoms with Crippen LogP contribution in [-0.4, -0.2) is 22.0 Å². The van der Waals surface area contributed by atoms with Gasteiger partial charge in [-0.05, 0) is 24.1 Å². The molecule has 2 heterocycles. The summed E-state index contributed by atoms with van der Waals surface area (Å²) in [4.78, 5) is 17.5. The Kier molecular flexibility index (Phi) is 7.25. The Bertz CT molecular complexity index is 1170. The number of anilines is 1. The predicted molar refractivity (Wildman–Crippen MR) is 129 cm³/mol. The molecule has 0 fully saturated rings. The molecule has 0 unspecified atom stereocenters. The van der Waals surface area contributed by atoms with Crippen molar-refractivity contribution in [3.8, 4) is 0 Å². The highest BCUT2D eigenvalue weighted by atomic mass is 16.5. The van der Waals surface area contributed by atoms with E-state index >= 15 is 0 Å². The van der Waals surface area contributed by atoms with Gasteiger partial charge in [-0.25, -0.2) is 4.98 Å². The van der Waals surface area contributed by atoms with E-state index in [1.165, 1.54) is 4.68 Å². The van der Waals surface area contributed by atoms with Crippen LogP contribution in [0.25, 0.3) is 6.08 Å². The van der Waals surface area contributed by atoms with Gasteiger partial charge in [0.1, 0.15) is 0 Å². The lowest BCUT2D eigenvalue weighted by atomic mass is 10.1. The average molecular weight is 429 g/mol. The fourth-order valence-electron chi connectivity index (χ4n) is 3.52. The van der Waals surface area contributed by atoms with Crippen molar-refractivity contribution in [2.45, 2.75) is 39.3 Å². The van der Waals surface area contributed by atoms with Crippen molar-refractivity contribution in [3.05, 3.63) is 99.7 Å². The first kappa shape index (κ1) is 21.7. The highest BCUT2D eigenvalue weighted by Crippen LogP contribution is 2.18.